The van der Waals surface area contributed by atoms with Crippen LogP contribution in [0.5, 0.6) is 0 Å². The van der Waals surface area contributed by atoms with Crippen molar-refractivity contribution in [3.05, 3.63) is 16.9 Å². The summed E-state index contributed by atoms with van der Waals surface area (Å²) in [6.07, 6.45) is 11.1. The Morgan fingerprint density at radius 1 is 1.38 bits per heavy atom. The zero-order chi connectivity index (χ0) is 15.2. The number of hydrogen-bond acceptors (Lipinski definition) is 2. The first kappa shape index (κ1) is 16.8. The van der Waals surface area contributed by atoms with E-state index >= 15 is 0 Å². The van der Waals surface area contributed by atoms with Crippen molar-refractivity contribution in [2.24, 2.45) is 5.92 Å². The molecule has 1 aromatic heterocycles. The Bertz CT molecular complexity index is 422. The Labute approximate surface area is 134 Å². The van der Waals surface area contributed by atoms with Gasteiger partial charge in [-0.1, -0.05) is 44.2 Å². The van der Waals surface area contributed by atoms with Crippen LogP contribution in [0.25, 0.3) is 0 Å². The third-order valence-corrected chi connectivity index (χ3v) is 4.88. The van der Waals surface area contributed by atoms with Crippen LogP contribution in [0.1, 0.15) is 83.5 Å². The molecule has 1 aliphatic carbocycles. The number of rotatable bonds is 8. The molecule has 0 bridgehead atoms. The van der Waals surface area contributed by atoms with Crippen LogP contribution in [0.4, 0.5) is 0 Å². The average molecular weight is 312 g/mol. The maximum Gasteiger partial charge on any atom is 0.0834 e. The van der Waals surface area contributed by atoms with Gasteiger partial charge in [0, 0.05) is 6.04 Å². The minimum atomic E-state index is 0.336. The van der Waals surface area contributed by atoms with Gasteiger partial charge in [-0.05, 0) is 45.6 Å². The molecule has 21 heavy (non-hydrogen) atoms. The molecule has 0 aliphatic heterocycles. The third-order valence-electron chi connectivity index (χ3n) is 4.59. The molecule has 0 saturated heterocycles. The van der Waals surface area contributed by atoms with Gasteiger partial charge < -0.3 is 5.32 Å². The van der Waals surface area contributed by atoms with Crippen LogP contribution < -0.4 is 5.32 Å². The molecule has 0 aromatic carbocycles. The van der Waals surface area contributed by atoms with Gasteiger partial charge in [-0.15, -0.1) is 0 Å². The van der Waals surface area contributed by atoms with Crippen LogP contribution in [0, 0.1) is 5.92 Å². The van der Waals surface area contributed by atoms with Gasteiger partial charge in [-0.2, -0.15) is 5.10 Å². The molecular formula is C17H30ClN3. The van der Waals surface area contributed by atoms with E-state index in [2.05, 4.69) is 35.9 Å². The molecule has 0 amide bonds. The average Bonchev–Trinajstić information content (AvgIpc) is 3.09. The fourth-order valence-corrected chi connectivity index (χ4v) is 3.71. The highest BCUT2D eigenvalue weighted by atomic mass is 35.5. The Morgan fingerprint density at radius 3 is 2.71 bits per heavy atom. The second-order valence-corrected chi connectivity index (χ2v) is 7.06. The van der Waals surface area contributed by atoms with Gasteiger partial charge in [-0.3, -0.25) is 4.68 Å². The third kappa shape index (κ3) is 4.46. The van der Waals surface area contributed by atoms with Gasteiger partial charge in [-0.25, -0.2) is 0 Å². The van der Waals surface area contributed by atoms with Crippen LogP contribution in [-0.2, 0) is 0 Å². The van der Waals surface area contributed by atoms with Gasteiger partial charge in [0.25, 0.3) is 0 Å². The number of hydrogen-bond donors (Lipinski definition) is 1. The lowest BCUT2D eigenvalue weighted by molar-refractivity contribution is 0.383. The molecule has 3 nitrogen and oxygen atoms in total. The summed E-state index contributed by atoms with van der Waals surface area (Å²) in [6, 6.07) is 0.688. The van der Waals surface area contributed by atoms with Gasteiger partial charge in [0.2, 0.25) is 0 Å². The summed E-state index contributed by atoms with van der Waals surface area (Å²) in [5.74, 6) is 0.921. The number of aromatic nitrogens is 2. The van der Waals surface area contributed by atoms with Gasteiger partial charge >= 0.3 is 0 Å². The maximum atomic E-state index is 6.43. The van der Waals surface area contributed by atoms with Crippen molar-refractivity contribution in [1.82, 2.24) is 15.1 Å². The van der Waals surface area contributed by atoms with Crippen molar-refractivity contribution in [2.45, 2.75) is 77.8 Å². The van der Waals surface area contributed by atoms with E-state index in [4.69, 9.17) is 11.6 Å². The number of nitrogens with one attached hydrogen (secondary N) is 1. The van der Waals surface area contributed by atoms with Crippen molar-refractivity contribution < 1.29 is 0 Å². The zero-order valence-corrected chi connectivity index (χ0v) is 14.5. The van der Waals surface area contributed by atoms with Crippen molar-refractivity contribution >= 4 is 11.6 Å². The van der Waals surface area contributed by atoms with E-state index in [-0.39, 0.29) is 0 Å². The standard InChI is InChI=1S/C17H30ClN3/c1-4-11-19-16(10-9-14-7-5-6-8-14)17-15(18)12-20-21(17)13(2)3/h12-14,16,19H,4-11H2,1-3H3. The van der Waals surface area contributed by atoms with Crippen LogP contribution in [0.2, 0.25) is 5.02 Å². The Balaban J connectivity index is 2.08. The summed E-state index contributed by atoms with van der Waals surface area (Å²) in [5.41, 5.74) is 1.18. The molecule has 120 valence electrons. The minimum Gasteiger partial charge on any atom is -0.309 e. The highest BCUT2D eigenvalue weighted by molar-refractivity contribution is 6.31. The monoisotopic (exact) mass is 311 g/mol. The van der Waals surface area contributed by atoms with Crippen molar-refractivity contribution in [2.75, 3.05) is 6.54 Å². The Morgan fingerprint density at radius 2 is 2.10 bits per heavy atom. The summed E-state index contributed by atoms with van der Waals surface area (Å²) in [6.45, 7) is 7.58. The van der Waals surface area contributed by atoms with E-state index in [0.717, 1.165) is 23.9 Å². The Kier molecular flexibility index (Phi) is 6.56. The van der Waals surface area contributed by atoms with Crippen molar-refractivity contribution in [1.29, 1.82) is 0 Å². The molecular weight excluding hydrogens is 282 g/mol. The van der Waals surface area contributed by atoms with Gasteiger partial charge in [0.15, 0.2) is 0 Å². The topological polar surface area (TPSA) is 29.9 Å². The smallest absolute Gasteiger partial charge is 0.0834 e. The van der Waals surface area contributed by atoms with Crippen LogP contribution in [0.3, 0.4) is 0 Å². The fourth-order valence-electron chi connectivity index (χ4n) is 3.44. The summed E-state index contributed by atoms with van der Waals surface area (Å²) in [7, 11) is 0. The molecule has 1 atom stereocenters. The van der Waals surface area contributed by atoms with E-state index in [1.807, 2.05) is 0 Å². The molecule has 1 fully saturated rings. The van der Waals surface area contributed by atoms with E-state index in [0.29, 0.717) is 12.1 Å². The van der Waals surface area contributed by atoms with E-state index in [1.165, 1.54) is 44.2 Å². The molecule has 1 N–H and O–H groups in total. The highest BCUT2D eigenvalue weighted by Crippen LogP contribution is 2.34. The molecule has 4 heteroatoms. The van der Waals surface area contributed by atoms with Crippen LogP contribution in [0.15, 0.2) is 6.20 Å². The normalized spacial score (nSPS) is 17.8. The first-order valence-electron chi connectivity index (χ1n) is 8.59. The van der Waals surface area contributed by atoms with Crippen LogP contribution >= 0.6 is 11.6 Å². The first-order valence-corrected chi connectivity index (χ1v) is 8.97. The van der Waals surface area contributed by atoms with Crippen molar-refractivity contribution in [3.8, 4) is 0 Å². The molecule has 1 saturated carbocycles. The lowest BCUT2D eigenvalue weighted by Crippen LogP contribution is -2.26. The summed E-state index contributed by atoms with van der Waals surface area (Å²) >= 11 is 6.43. The molecule has 1 heterocycles. The lowest BCUT2D eigenvalue weighted by atomic mass is 9.97. The second-order valence-electron chi connectivity index (χ2n) is 6.65. The van der Waals surface area contributed by atoms with Gasteiger partial charge in [0.05, 0.1) is 23.0 Å². The van der Waals surface area contributed by atoms with Crippen LogP contribution in [-0.4, -0.2) is 16.3 Å². The molecule has 1 unspecified atom stereocenters. The molecule has 0 spiro atoms. The fraction of sp³-hybridized carbons (Fsp3) is 0.824. The molecule has 0 radical (unpaired) electrons. The largest absolute Gasteiger partial charge is 0.309 e. The SMILES string of the molecule is CCCNC(CCC1CCCC1)c1c(Cl)cnn1C(C)C. The van der Waals surface area contributed by atoms with Crippen molar-refractivity contribution in [3.63, 3.8) is 0 Å². The van der Waals surface area contributed by atoms with E-state index < -0.39 is 0 Å². The van der Waals surface area contributed by atoms with E-state index in [9.17, 15) is 0 Å². The van der Waals surface area contributed by atoms with Gasteiger partial charge in [0.1, 0.15) is 0 Å². The number of nitrogens with zero attached hydrogens (tertiary/aromatic N) is 2. The predicted octanol–water partition coefficient (Wildman–Crippen LogP) is 5.13. The molecule has 1 aromatic rings. The second kappa shape index (κ2) is 8.19. The zero-order valence-electron chi connectivity index (χ0n) is 13.7. The predicted molar refractivity (Wildman–Crippen MR) is 89.8 cm³/mol. The summed E-state index contributed by atoms with van der Waals surface area (Å²) in [4.78, 5) is 0. The first-order chi connectivity index (χ1) is 10.1. The quantitative estimate of drug-likeness (QED) is 0.721. The number of halogens is 1. The molecule has 2 rings (SSSR count). The summed E-state index contributed by atoms with van der Waals surface area (Å²) < 4.78 is 2.09. The lowest BCUT2D eigenvalue weighted by Gasteiger charge is -2.23. The maximum absolute atomic E-state index is 6.43. The highest BCUT2D eigenvalue weighted by Gasteiger charge is 2.23. The van der Waals surface area contributed by atoms with E-state index in [1.54, 1.807) is 6.20 Å². The summed E-state index contributed by atoms with van der Waals surface area (Å²) in [5, 5.41) is 8.96. The minimum absolute atomic E-state index is 0.336. The Hall–Kier alpha value is -0.540. The molecule has 1 aliphatic rings.